The standard InChI is InChI=1S/C18H19FN2O2/c19-13-4-1-5-14(12-13)23-11-10-21-9-3-7-15-16(18(20)22)6-2-8-17(15)21/h1-2,4-6,8,12H,3,7,9-11H2,(H2,20,22). The Labute approximate surface area is 134 Å². The van der Waals surface area contributed by atoms with Crippen molar-refractivity contribution in [1.82, 2.24) is 0 Å². The molecular formula is C18H19FN2O2. The van der Waals surface area contributed by atoms with Gasteiger partial charge in [0, 0.05) is 23.9 Å². The number of nitrogens with two attached hydrogens (primary N) is 1. The van der Waals surface area contributed by atoms with Gasteiger partial charge in [0.15, 0.2) is 0 Å². The van der Waals surface area contributed by atoms with Gasteiger partial charge in [-0.3, -0.25) is 4.79 Å². The molecule has 2 aromatic rings. The normalized spacial score (nSPS) is 13.5. The molecule has 0 radical (unpaired) electrons. The van der Waals surface area contributed by atoms with E-state index in [0.717, 1.165) is 30.6 Å². The van der Waals surface area contributed by atoms with E-state index >= 15 is 0 Å². The van der Waals surface area contributed by atoms with Crippen molar-refractivity contribution in [2.24, 2.45) is 5.73 Å². The Balaban J connectivity index is 1.69. The topological polar surface area (TPSA) is 55.6 Å². The van der Waals surface area contributed by atoms with Crippen molar-refractivity contribution >= 4 is 11.6 Å². The summed E-state index contributed by atoms with van der Waals surface area (Å²) in [5, 5.41) is 0. The molecule has 3 rings (SSSR count). The van der Waals surface area contributed by atoms with E-state index in [1.807, 2.05) is 12.1 Å². The zero-order valence-corrected chi connectivity index (χ0v) is 12.8. The fourth-order valence-corrected chi connectivity index (χ4v) is 2.99. The van der Waals surface area contributed by atoms with Crippen LogP contribution in [-0.4, -0.2) is 25.6 Å². The van der Waals surface area contributed by atoms with Gasteiger partial charge < -0.3 is 15.4 Å². The Morgan fingerprint density at radius 1 is 1.26 bits per heavy atom. The van der Waals surface area contributed by atoms with Gasteiger partial charge in [0.25, 0.3) is 0 Å². The van der Waals surface area contributed by atoms with Crippen LogP contribution in [0.1, 0.15) is 22.3 Å². The highest BCUT2D eigenvalue weighted by molar-refractivity contribution is 5.96. The molecule has 120 valence electrons. The lowest BCUT2D eigenvalue weighted by atomic mass is 9.96. The summed E-state index contributed by atoms with van der Waals surface area (Å²) in [5.74, 6) is -0.176. The summed E-state index contributed by atoms with van der Waals surface area (Å²) >= 11 is 0. The first-order valence-corrected chi connectivity index (χ1v) is 7.70. The maximum atomic E-state index is 13.1. The molecule has 0 fully saturated rings. The summed E-state index contributed by atoms with van der Waals surface area (Å²) in [7, 11) is 0. The van der Waals surface area contributed by atoms with Crippen LogP contribution in [0.15, 0.2) is 42.5 Å². The zero-order chi connectivity index (χ0) is 16.2. The molecular weight excluding hydrogens is 295 g/mol. The molecule has 1 aliphatic rings. The van der Waals surface area contributed by atoms with Crippen LogP contribution in [0.3, 0.4) is 0 Å². The first-order valence-electron chi connectivity index (χ1n) is 7.70. The second-order valence-corrected chi connectivity index (χ2v) is 5.56. The fourth-order valence-electron chi connectivity index (χ4n) is 2.99. The van der Waals surface area contributed by atoms with Crippen LogP contribution in [0.2, 0.25) is 0 Å². The van der Waals surface area contributed by atoms with E-state index < -0.39 is 0 Å². The first kappa shape index (κ1) is 15.3. The number of hydrogen-bond donors (Lipinski definition) is 1. The van der Waals surface area contributed by atoms with E-state index in [1.54, 1.807) is 18.2 Å². The number of nitrogens with zero attached hydrogens (tertiary/aromatic N) is 1. The van der Waals surface area contributed by atoms with E-state index in [2.05, 4.69) is 4.90 Å². The smallest absolute Gasteiger partial charge is 0.249 e. The highest BCUT2D eigenvalue weighted by Crippen LogP contribution is 2.29. The molecule has 1 aliphatic heterocycles. The molecule has 5 heteroatoms. The second kappa shape index (κ2) is 6.69. The van der Waals surface area contributed by atoms with Crippen molar-refractivity contribution < 1.29 is 13.9 Å². The summed E-state index contributed by atoms with van der Waals surface area (Å²) < 4.78 is 18.7. The number of rotatable bonds is 5. The van der Waals surface area contributed by atoms with Crippen LogP contribution in [0, 0.1) is 5.82 Å². The Morgan fingerprint density at radius 2 is 2.09 bits per heavy atom. The third-order valence-corrected chi connectivity index (χ3v) is 4.04. The van der Waals surface area contributed by atoms with Crippen LogP contribution < -0.4 is 15.4 Å². The molecule has 0 aromatic heterocycles. The van der Waals surface area contributed by atoms with E-state index in [0.29, 0.717) is 24.5 Å². The van der Waals surface area contributed by atoms with Crippen LogP contribution in [0.5, 0.6) is 5.75 Å². The number of primary amides is 1. The van der Waals surface area contributed by atoms with Gasteiger partial charge in [0.1, 0.15) is 18.2 Å². The summed E-state index contributed by atoms with van der Waals surface area (Å²) in [4.78, 5) is 13.7. The fraction of sp³-hybridized carbons (Fsp3) is 0.278. The predicted octanol–water partition coefficient (Wildman–Crippen LogP) is 2.76. The van der Waals surface area contributed by atoms with E-state index in [9.17, 15) is 9.18 Å². The molecule has 1 amide bonds. The molecule has 2 aromatic carbocycles. The monoisotopic (exact) mass is 314 g/mol. The van der Waals surface area contributed by atoms with Gasteiger partial charge in [-0.2, -0.15) is 0 Å². The number of fused-ring (bicyclic) bond motifs is 1. The number of amides is 1. The molecule has 0 atom stereocenters. The summed E-state index contributed by atoms with van der Waals surface area (Å²) in [6.45, 7) is 2.02. The van der Waals surface area contributed by atoms with E-state index in [1.165, 1.54) is 12.1 Å². The van der Waals surface area contributed by atoms with Crippen LogP contribution >= 0.6 is 0 Å². The zero-order valence-electron chi connectivity index (χ0n) is 12.8. The summed E-state index contributed by atoms with van der Waals surface area (Å²) in [6.07, 6.45) is 1.83. The predicted molar refractivity (Wildman–Crippen MR) is 87.4 cm³/mol. The van der Waals surface area contributed by atoms with Crippen LogP contribution in [-0.2, 0) is 6.42 Å². The number of ether oxygens (including phenoxy) is 1. The van der Waals surface area contributed by atoms with Gasteiger partial charge in [0.05, 0.1) is 6.54 Å². The van der Waals surface area contributed by atoms with Gasteiger partial charge in [-0.25, -0.2) is 4.39 Å². The van der Waals surface area contributed by atoms with Crippen molar-refractivity contribution in [3.8, 4) is 5.75 Å². The molecule has 0 spiro atoms. The summed E-state index contributed by atoms with van der Waals surface area (Å²) in [6, 6.07) is 11.7. The quantitative estimate of drug-likeness (QED) is 0.923. The molecule has 0 saturated carbocycles. The van der Waals surface area contributed by atoms with Crippen molar-refractivity contribution in [2.75, 3.05) is 24.6 Å². The molecule has 1 heterocycles. The maximum absolute atomic E-state index is 13.1. The molecule has 0 bridgehead atoms. The molecule has 2 N–H and O–H groups in total. The van der Waals surface area contributed by atoms with Crippen molar-refractivity contribution in [3.05, 3.63) is 59.4 Å². The van der Waals surface area contributed by atoms with Gasteiger partial charge in [-0.05, 0) is 42.7 Å². The highest BCUT2D eigenvalue weighted by atomic mass is 19.1. The van der Waals surface area contributed by atoms with Crippen LogP contribution in [0.4, 0.5) is 10.1 Å². The lowest BCUT2D eigenvalue weighted by Crippen LogP contribution is -2.34. The van der Waals surface area contributed by atoms with Crippen LogP contribution in [0.25, 0.3) is 0 Å². The van der Waals surface area contributed by atoms with E-state index in [4.69, 9.17) is 10.5 Å². The number of carbonyl (C=O) groups is 1. The Kier molecular flexibility index (Phi) is 4.46. The van der Waals surface area contributed by atoms with Gasteiger partial charge in [-0.15, -0.1) is 0 Å². The van der Waals surface area contributed by atoms with Crippen molar-refractivity contribution in [1.29, 1.82) is 0 Å². The average Bonchev–Trinajstić information content (AvgIpc) is 2.54. The number of anilines is 1. The van der Waals surface area contributed by atoms with E-state index in [-0.39, 0.29) is 11.7 Å². The summed E-state index contributed by atoms with van der Waals surface area (Å²) in [5.41, 5.74) is 8.10. The number of hydrogen-bond acceptors (Lipinski definition) is 3. The number of benzene rings is 2. The number of halogens is 1. The molecule has 0 saturated heterocycles. The molecule has 4 nitrogen and oxygen atoms in total. The number of carbonyl (C=O) groups excluding carboxylic acids is 1. The minimum Gasteiger partial charge on any atom is -0.492 e. The SMILES string of the molecule is NC(=O)c1cccc2c1CCCN2CCOc1cccc(F)c1. The largest absolute Gasteiger partial charge is 0.492 e. The van der Waals surface area contributed by atoms with Crippen molar-refractivity contribution in [2.45, 2.75) is 12.8 Å². The van der Waals surface area contributed by atoms with Crippen molar-refractivity contribution in [3.63, 3.8) is 0 Å². The Hall–Kier alpha value is -2.56. The Bertz CT molecular complexity index is 718. The Morgan fingerprint density at radius 3 is 2.87 bits per heavy atom. The average molecular weight is 314 g/mol. The van der Waals surface area contributed by atoms with Gasteiger partial charge in [-0.1, -0.05) is 12.1 Å². The minimum atomic E-state index is -0.389. The third kappa shape index (κ3) is 3.44. The lowest BCUT2D eigenvalue weighted by molar-refractivity contribution is 0.0999. The minimum absolute atomic E-state index is 0.308. The third-order valence-electron chi connectivity index (χ3n) is 4.04. The van der Waals surface area contributed by atoms with Gasteiger partial charge in [0.2, 0.25) is 5.91 Å². The molecule has 0 aliphatic carbocycles. The highest BCUT2D eigenvalue weighted by Gasteiger charge is 2.21. The van der Waals surface area contributed by atoms with Gasteiger partial charge >= 0.3 is 0 Å². The second-order valence-electron chi connectivity index (χ2n) is 5.56. The first-order chi connectivity index (χ1) is 11.1. The lowest BCUT2D eigenvalue weighted by Gasteiger charge is -2.32. The maximum Gasteiger partial charge on any atom is 0.249 e. The molecule has 0 unspecified atom stereocenters. The molecule has 23 heavy (non-hydrogen) atoms.